The van der Waals surface area contributed by atoms with Gasteiger partial charge in [-0.2, -0.15) is 5.10 Å². The van der Waals surface area contributed by atoms with E-state index in [1.165, 1.54) is 23.4 Å². The van der Waals surface area contributed by atoms with Gasteiger partial charge >= 0.3 is 0 Å². The molecule has 9 heteroatoms. The monoisotopic (exact) mass is 532 g/mol. The molecule has 39 heavy (non-hydrogen) atoms. The predicted molar refractivity (Wildman–Crippen MR) is 150 cm³/mol. The van der Waals surface area contributed by atoms with Gasteiger partial charge in [0.15, 0.2) is 5.82 Å². The number of piperidine rings is 1. The summed E-state index contributed by atoms with van der Waals surface area (Å²) in [6, 6.07) is 8.77. The highest BCUT2D eigenvalue weighted by molar-refractivity contribution is 5.97. The molecule has 0 saturated carbocycles. The molecule has 0 unspecified atom stereocenters. The van der Waals surface area contributed by atoms with E-state index in [4.69, 9.17) is 0 Å². The first kappa shape index (κ1) is 27.0. The van der Waals surface area contributed by atoms with Crippen LogP contribution in [0.15, 0.2) is 42.7 Å². The summed E-state index contributed by atoms with van der Waals surface area (Å²) in [5.74, 6) is 1.70. The fraction of sp³-hybridized carbons (Fsp3) is 0.467. The van der Waals surface area contributed by atoms with Crippen molar-refractivity contribution in [3.63, 3.8) is 0 Å². The molecule has 1 aromatic carbocycles. The third-order valence-electron chi connectivity index (χ3n) is 8.32. The van der Waals surface area contributed by atoms with Crippen molar-refractivity contribution in [3.05, 3.63) is 76.4 Å². The molecule has 206 valence electrons. The van der Waals surface area contributed by atoms with E-state index >= 15 is 0 Å². The number of amides is 1. The maximum absolute atomic E-state index is 13.9. The number of aliphatic hydroxyl groups is 1. The summed E-state index contributed by atoms with van der Waals surface area (Å²) in [5.41, 5.74) is 5.34. The molecule has 2 aliphatic heterocycles. The van der Waals surface area contributed by atoms with Crippen LogP contribution < -0.4 is 9.80 Å². The minimum absolute atomic E-state index is 0.00823. The van der Waals surface area contributed by atoms with Crippen molar-refractivity contribution < 1.29 is 14.3 Å². The van der Waals surface area contributed by atoms with Gasteiger partial charge in [0.05, 0.1) is 18.8 Å². The largest absolute Gasteiger partial charge is 0.394 e. The first-order valence-electron chi connectivity index (χ1n) is 13.8. The number of benzene rings is 1. The Hall–Kier alpha value is -3.59. The lowest BCUT2D eigenvalue weighted by molar-refractivity contribution is 0.0697. The first-order valence-corrected chi connectivity index (χ1v) is 13.8. The highest BCUT2D eigenvalue weighted by Crippen LogP contribution is 2.31. The number of hydrogen-bond acceptors (Lipinski definition) is 7. The number of nitrogens with zero attached hydrogens (tertiary/aromatic N) is 6. The van der Waals surface area contributed by atoms with Gasteiger partial charge in [-0.05, 0) is 92.5 Å². The fourth-order valence-corrected chi connectivity index (χ4v) is 6.18. The number of pyridine rings is 1. The molecule has 0 radical (unpaired) electrons. The van der Waals surface area contributed by atoms with Crippen LogP contribution in [0, 0.1) is 32.5 Å². The lowest BCUT2D eigenvalue weighted by Crippen LogP contribution is -2.56. The van der Waals surface area contributed by atoms with Crippen LogP contribution in [0.3, 0.4) is 0 Å². The van der Waals surface area contributed by atoms with Crippen molar-refractivity contribution in [2.24, 2.45) is 5.92 Å². The van der Waals surface area contributed by atoms with Gasteiger partial charge in [-0.25, -0.2) is 9.37 Å². The van der Waals surface area contributed by atoms with E-state index in [1.54, 1.807) is 12.3 Å². The van der Waals surface area contributed by atoms with Gasteiger partial charge in [0.1, 0.15) is 11.6 Å². The molecule has 5 rings (SSSR count). The summed E-state index contributed by atoms with van der Waals surface area (Å²) in [7, 11) is 0. The number of halogens is 1. The van der Waals surface area contributed by atoms with Crippen LogP contribution in [0.2, 0.25) is 0 Å². The smallest absolute Gasteiger partial charge is 0.254 e. The van der Waals surface area contributed by atoms with Crippen LogP contribution in [0.25, 0.3) is 0 Å². The van der Waals surface area contributed by atoms with Crippen LogP contribution >= 0.6 is 0 Å². The topological polar surface area (TPSA) is 85.7 Å². The Morgan fingerprint density at radius 2 is 1.85 bits per heavy atom. The van der Waals surface area contributed by atoms with Crippen molar-refractivity contribution in [2.75, 3.05) is 49.1 Å². The molecular weight excluding hydrogens is 495 g/mol. The minimum Gasteiger partial charge on any atom is -0.394 e. The zero-order valence-electron chi connectivity index (χ0n) is 23.0. The summed E-state index contributed by atoms with van der Waals surface area (Å²) in [6.07, 6.45) is 5.98. The van der Waals surface area contributed by atoms with E-state index in [-0.39, 0.29) is 18.6 Å². The van der Waals surface area contributed by atoms with E-state index in [1.807, 2.05) is 28.9 Å². The second-order valence-electron chi connectivity index (χ2n) is 10.8. The second kappa shape index (κ2) is 11.7. The maximum Gasteiger partial charge on any atom is 0.254 e. The van der Waals surface area contributed by atoms with E-state index in [9.17, 15) is 14.3 Å². The molecule has 1 amide bonds. The highest BCUT2D eigenvalue weighted by atomic mass is 19.1. The molecule has 4 heterocycles. The lowest BCUT2D eigenvalue weighted by atomic mass is 9.84. The van der Waals surface area contributed by atoms with Crippen molar-refractivity contribution in [2.45, 2.75) is 46.1 Å². The number of aliphatic hydroxyl groups excluding tert-OH is 1. The van der Waals surface area contributed by atoms with Gasteiger partial charge in [0.25, 0.3) is 5.91 Å². The van der Waals surface area contributed by atoms with Crippen LogP contribution in [0.5, 0.6) is 0 Å². The first-order chi connectivity index (χ1) is 18.9. The molecule has 1 N–H and O–H groups in total. The van der Waals surface area contributed by atoms with E-state index in [2.05, 4.69) is 40.0 Å². The van der Waals surface area contributed by atoms with Crippen molar-refractivity contribution in [1.82, 2.24) is 20.1 Å². The van der Waals surface area contributed by atoms with Gasteiger partial charge in [-0.15, -0.1) is 5.10 Å². The number of carbonyl (C=O) groups excluding carboxylic acids is 1. The summed E-state index contributed by atoms with van der Waals surface area (Å²) >= 11 is 0. The maximum atomic E-state index is 13.9. The third kappa shape index (κ3) is 5.73. The Balaban J connectivity index is 1.29. The Morgan fingerprint density at radius 3 is 2.51 bits per heavy atom. The van der Waals surface area contributed by atoms with Crippen LogP contribution in [0.4, 0.5) is 16.0 Å². The Morgan fingerprint density at radius 1 is 1.05 bits per heavy atom. The molecule has 2 saturated heterocycles. The average molecular weight is 533 g/mol. The highest BCUT2D eigenvalue weighted by Gasteiger charge is 2.32. The second-order valence-corrected chi connectivity index (χ2v) is 10.8. The van der Waals surface area contributed by atoms with Crippen LogP contribution in [0.1, 0.15) is 45.5 Å². The van der Waals surface area contributed by atoms with Gasteiger partial charge in [0.2, 0.25) is 0 Å². The summed E-state index contributed by atoms with van der Waals surface area (Å²) < 4.78 is 13.4. The molecule has 0 bridgehead atoms. The number of piperazine rings is 1. The lowest BCUT2D eigenvalue weighted by Gasteiger charge is -2.41. The van der Waals surface area contributed by atoms with Crippen LogP contribution in [-0.4, -0.2) is 76.5 Å². The molecule has 2 fully saturated rings. The number of rotatable bonds is 6. The number of hydrogen-bond donors (Lipinski definition) is 1. The predicted octanol–water partition coefficient (Wildman–Crippen LogP) is 3.72. The number of aryl methyl sites for hydroxylation is 2. The average Bonchev–Trinajstić information content (AvgIpc) is 2.96. The van der Waals surface area contributed by atoms with Crippen molar-refractivity contribution in [3.8, 4) is 0 Å². The zero-order chi connectivity index (χ0) is 27.5. The summed E-state index contributed by atoms with van der Waals surface area (Å²) in [4.78, 5) is 24.2. The Bertz CT molecular complexity index is 1300. The SMILES string of the molecule is Cc1cc(C)c(C(=O)N2CCN(c3ccc(F)cn3)[C@H](CO)C2)c(C)c1CC1CCN(c2cccnn2)CC1. The van der Waals surface area contributed by atoms with Crippen molar-refractivity contribution in [1.29, 1.82) is 0 Å². The minimum atomic E-state index is -0.398. The van der Waals surface area contributed by atoms with Gasteiger partial charge in [-0.1, -0.05) is 6.07 Å². The summed E-state index contributed by atoms with van der Waals surface area (Å²) in [5, 5.41) is 18.4. The van der Waals surface area contributed by atoms with Gasteiger partial charge in [0, 0.05) is 44.5 Å². The normalized spacial score (nSPS) is 18.5. The molecular formula is C30H37FN6O2. The standard InChI is InChI=1S/C30H37FN6O2/c1-20-15-21(2)29(22(3)26(20)16-23-8-11-35(12-9-23)28-5-4-10-33-34-28)30(39)36-13-14-37(25(18-36)19-38)27-7-6-24(31)17-32-27/h4-7,10,15,17,23,25,38H,8-9,11-14,16,18-19H2,1-3H3/t25-/m0/s1. The molecule has 1 atom stereocenters. The quantitative estimate of drug-likeness (QED) is 0.518. The van der Waals surface area contributed by atoms with Gasteiger partial charge in [-0.3, -0.25) is 4.79 Å². The van der Waals surface area contributed by atoms with E-state index < -0.39 is 5.82 Å². The summed E-state index contributed by atoms with van der Waals surface area (Å²) in [6.45, 7) is 9.45. The molecule has 2 aromatic heterocycles. The molecule has 3 aromatic rings. The molecule has 2 aliphatic rings. The van der Waals surface area contributed by atoms with E-state index in [0.29, 0.717) is 31.4 Å². The fourth-order valence-electron chi connectivity index (χ4n) is 6.18. The molecule has 0 aliphatic carbocycles. The Kier molecular flexibility index (Phi) is 8.07. The zero-order valence-corrected chi connectivity index (χ0v) is 23.0. The van der Waals surface area contributed by atoms with Crippen LogP contribution in [-0.2, 0) is 6.42 Å². The molecule has 8 nitrogen and oxygen atoms in total. The van der Waals surface area contributed by atoms with E-state index in [0.717, 1.165) is 54.9 Å². The van der Waals surface area contributed by atoms with Gasteiger partial charge < -0.3 is 19.8 Å². The number of carbonyl (C=O) groups is 1. The molecule has 0 spiro atoms. The van der Waals surface area contributed by atoms with Crippen molar-refractivity contribution >= 4 is 17.5 Å². The number of anilines is 2. The Labute approximate surface area is 229 Å². The number of aromatic nitrogens is 3. The third-order valence-corrected chi connectivity index (χ3v) is 8.32.